The second-order valence-electron chi connectivity index (χ2n) is 4.76. The van der Waals surface area contributed by atoms with Gasteiger partial charge in [-0.15, -0.1) is 0 Å². The highest BCUT2D eigenvalue weighted by molar-refractivity contribution is 6.30. The minimum Gasteiger partial charge on any atom is -0.317 e. The van der Waals surface area contributed by atoms with Crippen molar-refractivity contribution in [3.8, 4) is 0 Å². The van der Waals surface area contributed by atoms with Crippen molar-refractivity contribution in [3.63, 3.8) is 0 Å². The van der Waals surface area contributed by atoms with Crippen molar-refractivity contribution >= 4 is 11.6 Å². The number of benzene rings is 1. The van der Waals surface area contributed by atoms with Gasteiger partial charge < -0.3 is 5.32 Å². The van der Waals surface area contributed by atoms with Crippen LogP contribution in [0.25, 0.3) is 0 Å². The second-order valence-corrected chi connectivity index (χ2v) is 5.17. The number of hydrogen-bond acceptors (Lipinski definition) is 1. The van der Waals surface area contributed by atoms with Crippen LogP contribution in [0.1, 0.15) is 26.3 Å². The predicted octanol–water partition coefficient (Wildman–Crippen LogP) is 3.90. The molecule has 17 heavy (non-hydrogen) atoms. The highest BCUT2D eigenvalue weighted by atomic mass is 35.5. The maximum Gasteiger partial charge on any atom is 0.141 e. The van der Waals surface area contributed by atoms with Gasteiger partial charge in [-0.25, -0.2) is 4.39 Å². The fraction of sp³-hybridized carbons (Fsp3) is 0.571. The average Bonchev–Trinajstić information content (AvgIpc) is 2.28. The van der Waals surface area contributed by atoms with Gasteiger partial charge in [0.1, 0.15) is 5.82 Å². The Morgan fingerprint density at radius 2 is 2.06 bits per heavy atom. The van der Waals surface area contributed by atoms with E-state index in [9.17, 15) is 4.39 Å². The summed E-state index contributed by atoms with van der Waals surface area (Å²) < 4.78 is 13.1. The molecule has 0 aliphatic heterocycles. The molecule has 0 bridgehead atoms. The Kier molecular flexibility index (Phi) is 5.93. The zero-order valence-electron chi connectivity index (χ0n) is 10.8. The normalized spacial score (nSPS) is 13.1. The van der Waals surface area contributed by atoms with Crippen LogP contribution in [0.3, 0.4) is 0 Å². The van der Waals surface area contributed by atoms with Crippen LogP contribution in [-0.2, 0) is 6.42 Å². The van der Waals surface area contributed by atoms with E-state index in [0.29, 0.717) is 11.8 Å². The molecule has 1 unspecified atom stereocenters. The smallest absolute Gasteiger partial charge is 0.141 e. The highest BCUT2D eigenvalue weighted by Crippen LogP contribution is 2.21. The van der Waals surface area contributed by atoms with Gasteiger partial charge in [0.2, 0.25) is 0 Å². The van der Waals surface area contributed by atoms with Gasteiger partial charge in [-0.2, -0.15) is 0 Å². The number of nitrogens with one attached hydrogen (secondary N) is 1. The van der Waals surface area contributed by atoms with Crippen LogP contribution in [-0.4, -0.2) is 13.1 Å². The number of rotatable bonds is 6. The first-order chi connectivity index (χ1) is 8.04. The largest absolute Gasteiger partial charge is 0.317 e. The summed E-state index contributed by atoms with van der Waals surface area (Å²) in [7, 11) is 0. The molecule has 0 fully saturated rings. The molecule has 1 atom stereocenters. The molecule has 1 nitrogen and oxygen atoms in total. The van der Waals surface area contributed by atoms with Crippen LogP contribution in [0.5, 0.6) is 0 Å². The molecule has 3 heteroatoms. The molecular weight excluding hydrogens is 237 g/mol. The second kappa shape index (κ2) is 6.97. The van der Waals surface area contributed by atoms with Gasteiger partial charge in [-0.1, -0.05) is 38.4 Å². The Bertz CT molecular complexity index is 352. The van der Waals surface area contributed by atoms with Gasteiger partial charge in [0.15, 0.2) is 0 Å². The standard InChI is InChI=1S/C14H21ClFN/c1-4-17-9-12(10(2)3)7-11-5-6-14(16)13(15)8-11/h5-6,8,10,12,17H,4,7,9H2,1-3H3. The lowest BCUT2D eigenvalue weighted by Gasteiger charge is -2.21. The van der Waals surface area contributed by atoms with Gasteiger partial charge in [0, 0.05) is 0 Å². The third-order valence-electron chi connectivity index (χ3n) is 3.08. The summed E-state index contributed by atoms with van der Waals surface area (Å²) in [6.07, 6.45) is 0.935. The van der Waals surface area contributed by atoms with Crippen LogP contribution >= 0.6 is 11.6 Å². The molecule has 0 saturated heterocycles. The third-order valence-corrected chi connectivity index (χ3v) is 3.37. The zero-order chi connectivity index (χ0) is 12.8. The molecule has 1 N–H and O–H groups in total. The Morgan fingerprint density at radius 3 is 2.59 bits per heavy atom. The van der Waals surface area contributed by atoms with Gasteiger partial charge in [0.25, 0.3) is 0 Å². The molecule has 1 aromatic rings. The highest BCUT2D eigenvalue weighted by Gasteiger charge is 2.14. The molecule has 0 amide bonds. The van der Waals surface area contributed by atoms with Gasteiger partial charge >= 0.3 is 0 Å². The first-order valence-corrected chi connectivity index (χ1v) is 6.57. The van der Waals surface area contributed by atoms with E-state index >= 15 is 0 Å². The van der Waals surface area contributed by atoms with Crippen molar-refractivity contribution in [1.29, 1.82) is 0 Å². The molecule has 1 rings (SSSR count). The van der Waals surface area contributed by atoms with Gasteiger partial charge in [0.05, 0.1) is 5.02 Å². The van der Waals surface area contributed by atoms with Crippen molar-refractivity contribution in [2.75, 3.05) is 13.1 Å². The van der Waals surface area contributed by atoms with Crippen molar-refractivity contribution < 1.29 is 4.39 Å². The fourth-order valence-corrected chi connectivity index (χ4v) is 2.05. The van der Waals surface area contributed by atoms with E-state index in [-0.39, 0.29) is 10.8 Å². The van der Waals surface area contributed by atoms with Crippen molar-refractivity contribution in [2.24, 2.45) is 11.8 Å². The van der Waals surface area contributed by atoms with Gasteiger partial charge in [-0.05, 0) is 49.0 Å². The molecule has 0 aromatic heterocycles. The van der Waals surface area contributed by atoms with E-state index in [0.717, 1.165) is 25.1 Å². The van der Waals surface area contributed by atoms with Crippen LogP contribution in [0.4, 0.5) is 4.39 Å². The average molecular weight is 258 g/mol. The summed E-state index contributed by atoms with van der Waals surface area (Å²) in [5, 5.41) is 3.59. The molecule has 0 saturated carbocycles. The van der Waals surface area contributed by atoms with Crippen LogP contribution in [0.15, 0.2) is 18.2 Å². The van der Waals surface area contributed by atoms with Crippen molar-refractivity contribution in [3.05, 3.63) is 34.6 Å². The van der Waals surface area contributed by atoms with Crippen LogP contribution < -0.4 is 5.32 Å². The summed E-state index contributed by atoms with van der Waals surface area (Å²) in [6.45, 7) is 8.50. The lowest BCUT2D eigenvalue weighted by atomic mass is 9.89. The van der Waals surface area contributed by atoms with E-state index < -0.39 is 0 Å². The molecule has 0 heterocycles. The topological polar surface area (TPSA) is 12.0 Å². The molecule has 0 spiro atoms. The first-order valence-electron chi connectivity index (χ1n) is 6.19. The van der Waals surface area contributed by atoms with Crippen LogP contribution in [0.2, 0.25) is 5.02 Å². The Morgan fingerprint density at radius 1 is 1.35 bits per heavy atom. The molecule has 0 aliphatic rings. The monoisotopic (exact) mass is 257 g/mol. The molecular formula is C14H21ClFN. The Hall–Kier alpha value is -0.600. The summed E-state index contributed by atoms with van der Waals surface area (Å²) in [5.41, 5.74) is 1.10. The van der Waals surface area contributed by atoms with E-state index in [1.54, 1.807) is 6.07 Å². The summed E-state index contributed by atoms with van der Waals surface area (Å²) in [4.78, 5) is 0. The number of halogens is 2. The van der Waals surface area contributed by atoms with Crippen molar-refractivity contribution in [1.82, 2.24) is 5.32 Å². The number of hydrogen-bond donors (Lipinski definition) is 1. The van der Waals surface area contributed by atoms with E-state index in [1.807, 2.05) is 6.07 Å². The minimum absolute atomic E-state index is 0.216. The molecule has 1 aromatic carbocycles. The maximum atomic E-state index is 13.1. The summed E-state index contributed by atoms with van der Waals surface area (Å²) in [6, 6.07) is 5.00. The quantitative estimate of drug-likeness (QED) is 0.815. The van der Waals surface area contributed by atoms with E-state index in [4.69, 9.17) is 11.6 Å². The Balaban J connectivity index is 2.68. The summed E-state index contributed by atoms with van der Waals surface area (Å²) >= 11 is 5.79. The first kappa shape index (κ1) is 14.5. The lowest BCUT2D eigenvalue weighted by molar-refractivity contribution is 0.363. The molecule has 0 aliphatic carbocycles. The van der Waals surface area contributed by atoms with Crippen molar-refractivity contribution in [2.45, 2.75) is 27.2 Å². The summed E-state index contributed by atoms with van der Waals surface area (Å²) in [5.74, 6) is 0.803. The SMILES string of the molecule is CCNCC(Cc1ccc(F)c(Cl)c1)C(C)C. The van der Waals surface area contributed by atoms with E-state index in [1.165, 1.54) is 6.07 Å². The lowest BCUT2D eigenvalue weighted by Crippen LogP contribution is -2.27. The molecule has 96 valence electrons. The van der Waals surface area contributed by atoms with Crippen LogP contribution in [0, 0.1) is 17.7 Å². The Labute approximate surface area is 108 Å². The minimum atomic E-state index is -0.344. The van der Waals surface area contributed by atoms with E-state index in [2.05, 4.69) is 26.1 Å². The van der Waals surface area contributed by atoms with Gasteiger partial charge in [-0.3, -0.25) is 0 Å². The molecule has 0 radical (unpaired) electrons. The predicted molar refractivity (Wildman–Crippen MR) is 72.0 cm³/mol. The fourth-order valence-electron chi connectivity index (χ4n) is 1.84. The zero-order valence-corrected chi connectivity index (χ0v) is 11.5. The third kappa shape index (κ3) is 4.64. The maximum absolute atomic E-state index is 13.1.